The maximum atomic E-state index is 12.8. The number of nitrogens with one attached hydrogen (secondary N) is 3. The minimum absolute atomic E-state index is 0.319. The van der Waals surface area contributed by atoms with Crippen LogP contribution < -0.4 is 20.3 Å². The van der Waals surface area contributed by atoms with E-state index in [4.69, 9.17) is 4.98 Å². The van der Waals surface area contributed by atoms with Gasteiger partial charge in [0.25, 0.3) is 0 Å². The monoisotopic (exact) mass is 619 g/mol. The SMILES string of the molecule is Cc1c(NC[C@H](NS(=O)(=O)c2ccc(C(F)(F)F)cc2)C(=O)O)ncnc1N1CCC(c2ccc3c(n2)NCCC3)CC1. The molecule has 0 spiro atoms. The smallest absolute Gasteiger partial charge is 0.416 e. The van der Waals surface area contributed by atoms with Crippen LogP contribution in [0.4, 0.5) is 30.6 Å². The van der Waals surface area contributed by atoms with Gasteiger partial charge in [-0.05, 0) is 68.5 Å². The van der Waals surface area contributed by atoms with Crippen LogP contribution in [0.15, 0.2) is 47.6 Å². The number of benzene rings is 1. The summed E-state index contributed by atoms with van der Waals surface area (Å²) in [5.74, 6) is 0.861. The van der Waals surface area contributed by atoms with Crippen molar-refractivity contribution in [2.75, 3.05) is 41.7 Å². The molecule has 230 valence electrons. The fraction of sp³-hybridized carbons (Fsp3) is 0.429. The molecule has 1 saturated heterocycles. The quantitative estimate of drug-likeness (QED) is 0.279. The average Bonchev–Trinajstić information content (AvgIpc) is 2.99. The average molecular weight is 620 g/mol. The number of anilines is 3. The molecule has 1 atom stereocenters. The number of aromatic nitrogens is 3. The maximum absolute atomic E-state index is 12.8. The predicted molar refractivity (Wildman–Crippen MR) is 154 cm³/mol. The van der Waals surface area contributed by atoms with Crippen LogP contribution in [0.5, 0.6) is 0 Å². The van der Waals surface area contributed by atoms with E-state index in [2.05, 4.69) is 37.6 Å². The van der Waals surface area contributed by atoms with Crippen LogP contribution in [-0.2, 0) is 27.4 Å². The molecular weight excluding hydrogens is 587 g/mol. The Labute approximate surface area is 247 Å². The zero-order chi connectivity index (χ0) is 30.8. The summed E-state index contributed by atoms with van der Waals surface area (Å²) in [6, 6.07) is 5.46. The van der Waals surface area contributed by atoms with Crippen LogP contribution in [0.3, 0.4) is 0 Å². The molecule has 4 N–H and O–H groups in total. The number of piperidine rings is 1. The van der Waals surface area contributed by atoms with Gasteiger partial charge in [-0.1, -0.05) is 6.07 Å². The van der Waals surface area contributed by atoms with Crippen LogP contribution in [0.1, 0.15) is 47.6 Å². The molecule has 2 aliphatic rings. The fourth-order valence-corrected chi connectivity index (χ4v) is 6.54. The largest absolute Gasteiger partial charge is 0.480 e. The van der Waals surface area contributed by atoms with E-state index in [-0.39, 0.29) is 6.54 Å². The Kier molecular flexibility index (Phi) is 8.74. The van der Waals surface area contributed by atoms with E-state index in [1.807, 2.05) is 4.72 Å². The lowest BCUT2D eigenvalue weighted by molar-refractivity contribution is -0.139. The van der Waals surface area contributed by atoms with E-state index in [0.717, 1.165) is 69.0 Å². The van der Waals surface area contributed by atoms with Gasteiger partial charge in [0.05, 0.1) is 10.5 Å². The van der Waals surface area contributed by atoms with Gasteiger partial charge in [0, 0.05) is 43.4 Å². The number of fused-ring (bicyclic) bond motifs is 1. The number of rotatable bonds is 9. The Morgan fingerprint density at radius 3 is 2.53 bits per heavy atom. The van der Waals surface area contributed by atoms with Crippen molar-refractivity contribution in [3.63, 3.8) is 0 Å². The zero-order valence-electron chi connectivity index (χ0n) is 23.4. The van der Waals surface area contributed by atoms with Gasteiger partial charge >= 0.3 is 12.1 Å². The van der Waals surface area contributed by atoms with E-state index in [9.17, 15) is 31.5 Å². The third kappa shape index (κ3) is 6.99. The minimum Gasteiger partial charge on any atom is -0.480 e. The summed E-state index contributed by atoms with van der Waals surface area (Å²) in [5.41, 5.74) is 1.98. The Balaban J connectivity index is 1.22. The van der Waals surface area contributed by atoms with Gasteiger partial charge in [-0.25, -0.2) is 23.4 Å². The second-order valence-electron chi connectivity index (χ2n) is 10.6. The first-order valence-corrected chi connectivity index (χ1v) is 15.4. The van der Waals surface area contributed by atoms with Gasteiger partial charge in [-0.2, -0.15) is 17.9 Å². The molecule has 1 fully saturated rings. The first-order valence-electron chi connectivity index (χ1n) is 13.9. The summed E-state index contributed by atoms with van der Waals surface area (Å²) in [4.78, 5) is 27.1. The Hall–Kier alpha value is -3.98. The first-order chi connectivity index (χ1) is 20.4. The second-order valence-corrected chi connectivity index (χ2v) is 12.3. The number of sulfonamides is 1. The van der Waals surface area contributed by atoms with Gasteiger partial charge < -0.3 is 20.6 Å². The molecule has 11 nitrogen and oxygen atoms in total. The normalized spacial score (nSPS) is 16.7. The molecule has 0 amide bonds. The van der Waals surface area contributed by atoms with Crippen molar-refractivity contribution in [3.05, 3.63) is 65.1 Å². The van der Waals surface area contributed by atoms with Crippen molar-refractivity contribution in [2.24, 2.45) is 0 Å². The molecule has 2 aliphatic heterocycles. The minimum atomic E-state index is -4.64. The zero-order valence-corrected chi connectivity index (χ0v) is 24.2. The third-order valence-corrected chi connectivity index (χ3v) is 9.23. The molecule has 0 aliphatic carbocycles. The third-order valence-electron chi connectivity index (χ3n) is 7.75. The van der Waals surface area contributed by atoms with Gasteiger partial charge in [0.1, 0.15) is 29.8 Å². The summed E-state index contributed by atoms with van der Waals surface area (Å²) >= 11 is 0. The lowest BCUT2D eigenvalue weighted by atomic mass is 9.92. The highest BCUT2D eigenvalue weighted by Gasteiger charge is 2.32. The van der Waals surface area contributed by atoms with Crippen LogP contribution in [0, 0.1) is 6.92 Å². The molecule has 1 aromatic carbocycles. The van der Waals surface area contributed by atoms with E-state index in [0.29, 0.717) is 35.2 Å². The van der Waals surface area contributed by atoms with Gasteiger partial charge in [0.2, 0.25) is 10.0 Å². The van der Waals surface area contributed by atoms with E-state index in [1.54, 1.807) is 6.92 Å². The van der Waals surface area contributed by atoms with Gasteiger partial charge in [0.15, 0.2) is 0 Å². The van der Waals surface area contributed by atoms with Crippen LogP contribution >= 0.6 is 0 Å². The van der Waals surface area contributed by atoms with Crippen molar-refractivity contribution in [1.29, 1.82) is 0 Å². The summed E-state index contributed by atoms with van der Waals surface area (Å²) in [7, 11) is -4.43. The number of carboxylic acid groups (broad SMARTS) is 1. The molecule has 0 unspecified atom stereocenters. The number of alkyl halides is 3. The number of pyridine rings is 1. The van der Waals surface area contributed by atoms with Crippen LogP contribution in [0.2, 0.25) is 0 Å². The number of halogens is 3. The molecule has 15 heteroatoms. The molecule has 0 saturated carbocycles. The molecule has 4 heterocycles. The van der Waals surface area contributed by atoms with Crippen molar-refractivity contribution >= 4 is 33.4 Å². The highest BCUT2D eigenvalue weighted by molar-refractivity contribution is 7.89. The number of aryl methyl sites for hydroxylation is 1. The molecule has 5 rings (SSSR count). The fourth-order valence-electron chi connectivity index (χ4n) is 5.35. The number of hydrogen-bond donors (Lipinski definition) is 4. The predicted octanol–water partition coefficient (Wildman–Crippen LogP) is 3.78. The number of hydrogen-bond acceptors (Lipinski definition) is 9. The van der Waals surface area contributed by atoms with Crippen molar-refractivity contribution in [3.8, 4) is 0 Å². The highest BCUT2D eigenvalue weighted by atomic mass is 32.2. The van der Waals surface area contributed by atoms with Crippen molar-refractivity contribution in [1.82, 2.24) is 19.7 Å². The van der Waals surface area contributed by atoms with Gasteiger partial charge in [-0.3, -0.25) is 4.79 Å². The summed E-state index contributed by atoms with van der Waals surface area (Å²) in [6.45, 7) is 3.83. The lowest BCUT2D eigenvalue weighted by Crippen LogP contribution is -2.45. The molecule has 43 heavy (non-hydrogen) atoms. The number of nitrogens with zero attached hydrogens (tertiary/aromatic N) is 4. The molecule has 0 bridgehead atoms. The Morgan fingerprint density at radius 2 is 1.86 bits per heavy atom. The van der Waals surface area contributed by atoms with E-state index < -0.39 is 38.7 Å². The molecular formula is C28H32F3N7O4S. The van der Waals surface area contributed by atoms with Crippen molar-refractivity contribution in [2.45, 2.75) is 55.6 Å². The summed E-state index contributed by atoms with van der Waals surface area (Å²) < 4.78 is 66.0. The topological polar surface area (TPSA) is 149 Å². The maximum Gasteiger partial charge on any atom is 0.416 e. The van der Waals surface area contributed by atoms with Crippen molar-refractivity contribution < 1.29 is 31.5 Å². The second kappa shape index (κ2) is 12.3. The summed E-state index contributed by atoms with van der Waals surface area (Å²) in [6.07, 6.45) is 0.626. The van der Waals surface area contributed by atoms with E-state index in [1.165, 1.54) is 11.9 Å². The lowest BCUT2D eigenvalue weighted by Gasteiger charge is -2.34. The summed E-state index contributed by atoms with van der Waals surface area (Å²) in [5, 5.41) is 15.9. The van der Waals surface area contributed by atoms with Crippen LogP contribution in [0.25, 0.3) is 0 Å². The Bertz CT molecular complexity index is 1580. The molecule has 0 radical (unpaired) electrons. The number of aliphatic carboxylic acids is 1. The number of carbonyl (C=O) groups is 1. The van der Waals surface area contributed by atoms with Gasteiger partial charge in [-0.15, -0.1) is 0 Å². The van der Waals surface area contributed by atoms with E-state index >= 15 is 0 Å². The standard InChI is InChI=1S/C28H32F3N7O4S/c1-17-24(33-15-23(27(39)40)37-43(41,42)21-7-5-20(6-8-21)28(29,30)31)34-16-35-26(17)38-13-10-18(11-14-38)22-9-4-19-3-2-12-32-25(19)36-22/h4-9,16,18,23,37H,2-3,10-15H2,1H3,(H,32,36)(H,39,40)(H,33,34,35)/t23-/m0/s1. The Morgan fingerprint density at radius 1 is 1.14 bits per heavy atom. The first kappa shape index (κ1) is 30.5. The molecule has 2 aromatic heterocycles. The van der Waals surface area contributed by atoms with Crippen LogP contribution in [-0.4, -0.2) is 66.7 Å². The molecule has 3 aromatic rings. The highest BCUT2D eigenvalue weighted by Crippen LogP contribution is 2.33. The number of carboxylic acids is 1.